The molecule has 1 aliphatic rings. The minimum atomic E-state index is -0.157. The summed E-state index contributed by atoms with van der Waals surface area (Å²) in [4.78, 5) is 33.6. The highest BCUT2D eigenvalue weighted by Crippen LogP contribution is 2.24. The van der Waals surface area contributed by atoms with Gasteiger partial charge < -0.3 is 23.7 Å². The fraction of sp³-hybridized carbons (Fsp3) is 0.462. The first-order valence-electron chi connectivity index (χ1n) is 12.2. The Bertz CT molecular complexity index is 1130. The van der Waals surface area contributed by atoms with Crippen LogP contribution in [0.5, 0.6) is 5.75 Å². The van der Waals surface area contributed by atoms with Gasteiger partial charge in [0.1, 0.15) is 17.3 Å². The molecule has 192 valence electrons. The highest BCUT2D eigenvalue weighted by molar-refractivity contribution is 7.09. The van der Waals surface area contributed by atoms with Gasteiger partial charge in [-0.25, -0.2) is 4.98 Å². The number of benzene rings is 1. The third kappa shape index (κ3) is 6.84. The lowest BCUT2D eigenvalue weighted by Gasteiger charge is -2.31. The Morgan fingerprint density at radius 1 is 1.22 bits per heavy atom. The number of hydrogen-bond acceptors (Lipinski definition) is 9. The van der Waals surface area contributed by atoms with E-state index in [1.54, 1.807) is 13.4 Å². The summed E-state index contributed by atoms with van der Waals surface area (Å²) in [5.41, 5.74) is 1.07. The van der Waals surface area contributed by atoms with Crippen LogP contribution in [0.25, 0.3) is 0 Å². The third-order valence-electron chi connectivity index (χ3n) is 6.21. The molecule has 0 aliphatic carbocycles. The highest BCUT2D eigenvalue weighted by Gasteiger charge is 2.28. The summed E-state index contributed by atoms with van der Waals surface area (Å²) in [6.07, 6.45) is 3.86. The van der Waals surface area contributed by atoms with E-state index in [1.807, 2.05) is 53.1 Å². The second kappa shape index (κ2) is 12.5. The van der Waals surface area contributed by atoms with Crippen LogP contribution in [0.2, 0.25) is 0 Å². The van der Waals surface area contributed by atoms with Gasteiger partial charge in [-0.05, 0) is 49.6 Å². The van der Waals surface area contributed by atoms with Crippen molar-refractivity contribution in [3.63, 3.8) is 0 Å². The van der Waals surface area contributed by atoms with E-state index in [0.717, 1.165) is 28.0 Å². The van der Waals surface area contributed by atoms with Crippen molar-refractivity contribution in [2.75, 3.05) is 38.3 Å². The van der Waals surface area contributed by atoms with Gasteiger partial charge in [-0.3, -0.25) is 9.59 Å². The molecule has 0 saturated carbocycles. The molecule has 1 fully saturated rings. The quantitative estimate of drug-likeness (QED) is 0.357. The number of furan rings is 1. The van der Waals surface area contributed by atoms with E-state index in [4.69, 9.17) is 18.9 Å². The van der Waals surface area contributed by atoms with Crippen molar-refractivity contribution >= 4 is 28.5 Å². The molecule has 4 rings (SSSR count). The zero-order valence-electron chi connectivity index (χ0n) is 20.7. The van der Waals surface area contributed by atoms with Crippen molar-refractivity contribution in [3.8, 4) is 5.75 Å². The van der Waals surface area contributed by atoms with Crippen molar-refractivity contribution < 1.29 is 23.5 Å². The Hall–Kier alpha value is -3.40. The maximum atomic E-state index is 13.0. The maximum absolute atomic E-state index is 13.0. The second-order valence-electron chi connectivity index (χ2n) is 8.68. The molecule has 1 aromatic carbocycles. The summed E-state index contributed by atoms with van der Waals surface area (Å²) < 4.78 is 20.5. The van der Waals surface area contributed by atoms with Gasteiger partial charge in [-0.15, -0.1) is 0 Å². The van der Waals surface area contributed by atoms with E-state index in [0.29, 0.717) is 58.5 Å². The molecule has 0 N–H and O–H groups in total. The van der Waals surface area contributed by atoms with E-state index < -0.39 is 0 Å². The number of esters is 1. The summed E-state index contributed by atoms with van der Waals surface area (Å²) in [5, 5.41) is 0.748. The van der Waals surface area contributed by atoms with Crippen molar-refractivity contribution in [1.29, 1.82) is 0 Å². The predicted octanol–water partition coefficient (Wildman–Crippen LogP) is 3.93. The molecule has 1 aliphatic heterocycles. The molecule has 36 heavy (non-hydrogen) atoms. The number of hydrogen-bond donors (Lipinski definition) is 0. The first kappa shape index (κ1) is 25.7. The summed E-state index contributed by atoms with van der Waals surface area (Å²) in [5.74, 6) is 2.11. The topological polar surface area (TPSA) is 98.0 Å². The molecule has 0 bridgehead atoms. The van der Waals surface area contributed by atoms with Crippen LogP contribution in [-0.4, -0.2) is 59.5 Å². The maximum Gasteiger partial charge on any atom is 0.309 e. The molecule has 2 aromatic heterocycles. The lowest BCUT2D eigenvalue weighted by atomic mass is 9.97. The van der Waals surface area contributed by atoms with Gasteiger partial charge in [0.25, 0.3) is 0 Å². The molecule has 3 aromatic rings. The number of carbonyl (C=O) groups excluding carboxylic acids is 2. The third-order valence-corrected chi connectivity index (χ3v) is 7.03. The van der Waals surface area contributed by atoms with Gasteiger partial charge in [0.2, 0.25) is 11.0 Å². The Labute approximate surface area is 215 Å². The first-order valence-corrected chi connectivity index (χ1v) is 13.0. The molecule has 9 nitrogen and oxygen atoms in total. The molecule has 3 heterocycles. The molecular formula is C26H32N4O5S. The normalized spacial score (nSPS) is 14.0. The minimum Gasteiger partial charge on any atom is -0.497 e. The number of aromatic nitrogens is 2. The van der Waals surface area contributed by atoms with Crippen molar-refractivity contribution in [2.45, 2.75) is 39.2 Å². The summed E-state index contributed by atoms with van der Waals surface area (Å²) in [6.45, 7) is 4.33. The van der Waals surface area contributed by atoms with Crippen molar-refractivity contribution in [2.24, 2.45) is 5.92 Å². The van der Waals surface area contributed by atoms with Crippen LogP contribution in [0.4, 0.5) is 5.13 Å². The van der Waals surface area contributed by atoms with Crippen molar-refractivity contribution in [3.05, 3.63) is 59.8 Å². The Morgan fingerprint density at radius 2 is 2.06 bits per heavy atom. The summed E-state index contributed by atoms with van der Waals surface area (Å²) in [7, 11) is 1.65. The largest absolute Gasteiger partial charge is 0.497 e. The smallest absolute Gasteiger partial charge is 0.309 e. The van der Waals surface area contributed by atoms with Gasteiger partial charge in [-0.1, -0.05) is 12.1 Å². The van der Waals surface area contributed by atoms with Crippen LogP contribution in [0.15, 0.2) is 47.1 Å². The van der Waals surface area contributed by atoms with Crippen LogP contribution in [0.1, 0.15) is 43.3 Å². The average Bonchev–Trinajstić information content (AvgIpc) is 3.59. The molecule has 0 unspecified atom stereocenters. The standard InChI is InChI=1S/C26H32N4O5S/c1-3-34-25(32)20-9-12-29(13-10-20)24(31)11-14-30(18-22-8-5-15-35-22)26-27-23(28-36-26)17-19-6-4-7-21(16-19)33-2/h4-8,15-16,20H,3,9-14,17-18H2,1-2H3. The SMILES string of the molecule is CCOC(=O)C1CCN(C(=O)CCN(Cc2ccco2)c2nc(Cc3cccc(OC)c3)ns2)CC1. The fourth-order valence-corrected chi connectivity index (χ4v) is 4.97. The van der Waals surface area contributed by atoms with Crippen LogP contribution in [0.3, 0.4) is 0 Å². The zero-order valence-corrected chi connectivity index (χ0v) is 21.5. The number of methoxy groups -OCH3 is 1. The van der Waals surface area contributed by atoms with Gasteiger partial charge in [0, 0.05) is 44.0 Å². The molecule has 10 heteroatoms. The number of carbonyl (C=O) groups is 2. The average molecular weight is 513 g/mol. The minimum absolute atomic E-state index is 0.0721. The molecule has 0 spiro atoms. The van der Waals surface area contributed by atoms with Gasteiger partial charge in [0.15, 0.2) is 0 Å². The monoisotopic (exact) mass is 512 g/mol. The van der Waals surface area contributed by atoms with Gasteiger partial charge in [-0.2, -0.15) is 4.37 Å². The molecule has 1 saturated heterocycles. The van der Waals surface area contributed by atoms with Crippen molar-refractivity contribution in [1.82, 2.24) is 14.3 Å². The highest BCUT2D eigenvalue weighted by atomic mass is 32.1. The fourth-order valence-electron chi connectivity index (χ4n) is 4.26. The number of rotatable bonds is 11. The Balaban J connectivity index is 1.37. The van der Waals surface area contributed by atoms with Crippen LogP contribution in [0, 0.1) is 5.92 Å². The molecule has 1 amide bonds. The molecule has 0 radical (unpaired) electrons. The summed E-state index contributed by atoms with van der Waals surface area (Å²) >= 11 is 1.32. The van der Waals surface area contributed by atoms with Crippen LogP contribution in [-0.2, 0) is 27.3 Å². The Kier molecular flexibility index (Phi) is 8.94. The number of likely N-dealkylation sites (tertiary alicyclic amines) is 1. The van der Waals surface area contributed by atoms with E-state index in [2.05, 4.69) is 4.37 Å². The van der Waals surface area contributed by atoms with Crippen LogP contribution >= 0.6 is 11.5 Å². The Morgan fingerprint density at radius 3 is 2.78 bits per heavy atom. The van der Waals surface area contributed by atoms with E-state index in [1.165, 1.54) is 11.5 Å². The van der Waals surface area contributed by atoms with Crippen LogP contribution < -0.4 is 9.64 Å². The number of amides is 1. The number of piperidine rings is 1. The van der Waals surface area contributed by atoms with E-state index in [9.17, 15) is 9.59 Å². The molecular weight excluding hydrogens is 480 g/mol. The van der Waals surface area contributed by atoms with Gasteiger partial charge in [0.05, 0.1) is 32.4 Å². The predicted molar refractivity (Wildman–Crippen MR) is 136 cm³/mol. The number of nitrogens with zero attached hydrogens (tertiary/aromatic N) is 4. The lowest BCUT2D eigenvalue weighted by molar-refractivity contribution is -0.151. The molecule has 0 atom stereocenters. The number of ether oxygens (including phenoxy) is 2. The second-order valence-corrected chi connectivity index (χ2v) is 9.41. The van der Waals surface area contributed by atoms with E-state index >= 15 is 0 Å². The summed E-state index contributed by atoms with van der Waals surface area (Å²) in [6, 6.07) is 11.6. The lowest BCUT2D eigenvalue weighted by Crippen LogP contribution is -2.41. The number of anilines is 1. The van der Waals surface area contributed by atoms with Gasteiger partial charge >= 0.3 is 5.97 Å². The zero-order chi connectivity index (χ0) is 25.3. The first-order chi connectivity index (χ1) is 17.6. The van der Waals surface area contributed by atoms with E-state index in [-0.39, 0.29) is 17.8 Å².